The average molecular weight is 330 g/mol. The number of rotatable bonds is 2. The zero-order valence-corrected chi connectivity index (χ0v) is 13.9. The van der Waals surface area contributed by atoms with E-state index in [4.69, 9.17) is 0 Å². The summed E-state index contributed by atoms with van der Waals surface area (Å²) in [7, 11) is 0. The first-order valence-corrected chi connectivity index (χ1v) is 8.06. The molecule has 24 heavy (non-hydrogen) atoms. The topological polar surface area (TPSA) is 74.6 Å². The van der Waals surface area contributed by atoms with Gasteiger partial charge in [-0.15, -0.1) is 0 Å². The van der Waals surface area contributed by atoms with E-state index >= 15 is 0 Å². The fourth-order valence-electron chi connectivity index (χ4n) is 3.65. The van der Waals surface area contributed by atoms with Gasteiger partial charge < -0.3 is 4.90 Å². The molecule has 1 unspecified atom stereocenters. The largest absolute Gasteiger partial charge is 0.365 e. The number of halogens is 2. The van der Waals surface area contributed by atoms with Gasteiger partial charge in [-0.3, -0.25) is 0 Å². The van der Waals surface area contributed by atoms with Gasteiger partial charge >= 0.3 is 0 Å². The number of allylic oxidation sites excluding steroid dienone is 4. The van der Waals surface area contributed by atoms with Crippen LogP contribution in [-0.4, -0.2) is 23.9 Å². The normalized spacial score (nSPS) is 23.5. The van der Waals surface area contributed by atoms with Gasteiger partial charge in [0.25, 0.3) is 6.43 Å². The van der Waals surface area contributed by atoms with Gasteiger partial charge in [0.15, 0.2) is 0 Å². The minimum absolute atomic E-state index is 0.0950. The van der Waals surface area contributed by atoms with E-state index in [1.165, 1.54) is 0 Å². The molecule has 0 N–H and O–H groups in total. The maximum atomic E-state index is 13.5. The molecule has 2 rings (SSSR count). The molecule has 2 aliphatic rings. The molecule has 1 aliphatic heterocycles. The number of likely N-dealkylation sites (tertiary alicyclic amines) is 1. The third-order valence-electron chi connectivity index (χ3n) is 4.72. The smallest absolute Gasteiger partial charge is 0.258 e. The molecule has 126 valence electrons. The molecule has 0 saturated carbocycles. The molecule has 0 aromatic rings. The van der Waals surface area contributed by atoms with Gasteiger partial charge in [0.05, 0.1) is 11.6 Å². The summed E-state index contributed by atoms with van der Waals surface area (Å²) in [5.74, 6) is 0. The summed E-state index contributed by atoms with van der Waals surface area (Å²) in [5.41, 5.74) is 0.806. The summed E-state index contributed by atoms with van der Waals surface area (Å²) in [5, 5.41) is 28.0. The predicted octanol–water partition coefficient (Wildman–Crippen LogP) is 4.05. The van der Waals surface area contributed by atoms with E-state index in [9.17, 15) is 24.6 Å². The molecule has 6 heteroatoms. The molecule has 0 aromatic carbocycles. The maximum absolute atomic E-state index is 13.5. The van der Waals surface area contributed by atoms with E-state index in [2.05, 4.69) is 6.07 Å². The van der Waals surface area contributed by atoms with E-state index in [-0.39, 0.29) is 16.6 Å². The lowest BCUT2D eigenvalue weighted by Crippen LogP contribution is -2.45. The van der Waals surface area contributed by atoms with Crippen LogP contribution >= 0.6 is 0 Å². The first-order valence-electron chi connectivity index (χ1n) is 8.06. The lowest BCUT2D eigenvalue weighted by Gasteiger charge is -2.44. The third-order valence-corrected chi connectivity index (χ3v) is 4.72. The number of alkyl halides is 2. The molecule has 0 spiro atoms. The van der Waals surface area contributed by atoms with Crippen molar-refractivity contribution < 1.29 is 8.78 Å². The predicted molar refractivity (Wildman–Crippen MR) is 84.3 cm³/mol. The molecule has 0 aromatic heterocycles. The van der Waals surface area contributed by atoms with Gasteiger partial charge in [0, 0.05) is 17.8 Å². The van der Waals surface area contributed by atoms with Crippen LogP contribution in [0.3, 0.4) is 0 Å². The minimum atomic E-state index is -2.48. The summed E-state index contributed by atoms with van der Waals surface area (Å²) >= 11 is 0. The molecule has 0 radical (unpaired) electrons. The van der Waals surface area contributed by atoms with Gasteiger partial charge in [-0.1, -0.05) is 13.8 Å². The Kier molecular flexibility index (Phi) is 5.25. The van der Waals surface area contributed by atoms with Crippen LogP contribution in [0.5, 0.6) is 0 Å². The van der Waals surface area contributed by atoms with Crippen LogP contribution in [0.1, 0.15) is 46.0 Å². The van der Waals surface area contributed by atoms with E-state index in [0.717, 1.165) is 12.8 Å². The van der Waals surface area contributed by atoms with Crippen LogP contribution in [0.25, 0.3) is 0 Å². The Morgan fingerprint density at radius 2 is 1.83 bits per heavy atom. The van der Waals surface area contributed by atoms with Crippen LogP contribution in [0, 0.1) is 39.4 Å². The Balaban J connectivity index is 2.63. The van der Waals surface area contributed by atoms with Crippen molar-refractivity contribution in [3.8, 4) is 18.2 Å². The summed E-state index contributed by atoms with van der Waals surface area (Å²) in [6, 6.07) is 4.87. The number of hydrogen-bond donors (Lipinski definition) is 0. The summed E-state index contributed by atoms with van der Waals surface area (Å²) < 4.78 is 26.9. The zero-order chi connectivity index (χ0) is 17.9. The average Bonchev–Trinajstić information content (AvgIpc) is 2.54. The van der Waals surface area contributed by atoms with Crippen LogP contribution < -0.4 is 0 Å². The van der Waals surface area contributed by atoms with Crippen LogP contribution in [0.15, 0.2) is 22.4 Å². The van der Waals surface area contributed by atoms with Crippen molar-refractivity contribution in [2.24, 2.45) is 5.41 Å². The molecule has 1 saturated heterocycles. The van der Waals surface area contributed by atoms with Crippen molar-refractivity contribution in [2.45, 2.75) is 58.4 Å². The highest BCUT2D eigenvalue weighted by Gasteiger charge is 2.39. The van der Waals surface area contributed by atoms with Crippen molar-refractivity contribution in [3.05, 3.63) is 22.4 Å². The quantitative estimate of drug-likeness (QED) is 0.716. The Morgan fingerprint density at radius 1 is 1.17 bits per heavy atom. The Labute approximate surface area is 141 Å². The highest BCUT2D eigenvalue weighted by atomic mass is 19.3. The highest BCUT2D eigenvalue weighted by molar-refractivity contribution is 5.57. The number of nitriles is 3. The molecular formula is C18H20F2N4. The third kappa shape index (κ3) is 3.41. The first-order chi connectivity index (χ1) is 11.3. The van der Waals surface area contributed by atoms with Crippen LogP contribution in [-0.2, 0) is 0 Å². The van der Waals surface area contributed by atoms with Crippen molar-refractivity contribution in [1.82, 2.24) is 4.90 Å². The number of nitrogens with zero attached hydrogens (tertiary/aromatic N) is 4. The lowest BCUT2D eigenvalue weighted by molar-refractivity contribution is 0.0164. The minimum Gasteiger partial charge on any atom is -0.365 e. The second-order valence-corrected chi connectivity index (χ2v) is 7.12. The molecule has 1 fully saturated rings. The second kappa shape index (κ2) is 7.02. The molecule has 1 heterocycles. The first kappa shape index (κ1) is 18.0. The maximum Gasteiger partial charge on any atom is 0.258 e. The van der Waals surface area contributed by atoms with E-state index in [0.29, 0.717) is 37.1 Å². The summed E-state index contributed by atoms with van der Waals surface area (Å²) in [4.78, 5) is 1.65. The van der Waals surface area contributed by atoms with Crippen LogP contribution in [0.2, 0.25) is 0 Å². The van der Waals surface area contributed by atoms with E-state index in [1.54, 1.807) is 4.90 Å². The molecular weight excluding hydrogens is 310 g/mol. The van der Waals surface area contributed by atoms with Gasteiger partial charge in [-0.2, -0.15) is 15.8 Å². The Hall–Kier alpha value is -2.39. The number of piperidine rings is 1. The van der Waals surface area contributed by atoms with E-state index < -0.39 is 12.5 Å². The van der Waals surface area contributed by atoms with Gasteiger partial charge in [0.1, 0.15) is 23.8 Å². The van der Waals surface area contributed by atoms with Crippen molar-refractivity contribution in [1.29, 1.82) is 15.8 Å². The highest BCUT2D eigenvalue weighted by Crippen LogP contribution is 2.45. The summed E-state index contributed by atoms with van der Waals surface area (Å²) in [6.45, 7) is 4.41. The van der Waals surface area contributed by atoms with Gasteiger partial charge in [0.2, 0.25) is 0 Å². The molecule has 0 amide bonds. The summed E-state index contributed by atoms with van der Waals surface area (Å²) in [6.07, 6.45) is 0.364. The Bertz CT molecular complexity index is 682. The molecule has 1 atom stereocenters. The fourth-order valence-corrected chi connectivity index (χ4v) is 3.65. The van der Waals surface area contributed by atoms with Crippen molar-refractivity contribution >= 4 is 0 Å². The second-order valence-electron chi connectivity index (χ2n) is 7.12. The molecule has 0 bridgehead atoms. The standard InChI is InChI=1S/C18H20F2N4/c1-18(2)7-13(12(9-21)10-22)14(11-23)16(8-18)24-6-4-3-5-15(24)17(19)20/h15,17H,3-8H2,1-2H3. The monoisotopic (exact) mass is 330 g/mol. The zero-order valence-electron chi connectivity index (χ0n) is 13.9. The molecule has 4 nitrogen and oxygen atoms in total. The lowest BCUT2D eigenvalue weighted by atomic mass is 9.72. The van der Waals surface area contributed by atoms with Crippen molar-refractivity contribution in [2.75, 3.05) is 6.54 Å². The Morgan fingerprint density at radius 3 is 2.38 bits per heavy atom. The molecule has 1 aliphatic carbocycles. The number of hydrogen-bond acceptors (Lipinski definition) is 4. The van der Waals surface area contributed by atoms with Crippen molar-refractivity contribution in [3.63, 3.8) is 0 Å². The van der Waals surface area contributed by atoms with Crippen LogP contribution in [0.4, 0.5) is 8.78 Å². The fraction of sp³-hybridized carbons (Fsp3) is 0.611. The van der Waals surface area contributed by atoms with E-state index in [1.807, 2.05) is 26.0 Å². The van der Waals surface area contributed by atoms with Gasteiger partial charge in [-0.05, 0) is 37.5 Å². The van der Waals surface area contributed by atoms with Gasteiger partial charge in [-0.25, -0.2) is 8.78 Å². The SMILES string of the molecule is CC1(C)CC(=C(C#N)C#N)C(C#N)=C(N2CCCCC2C(F)F)C1.